The Labute approximate surface area is 264 Å². The molecule has 0 bridgehead atoms. The van der Waals surface area contributed by atoms with E-state index in [1.54, 1.807) is 12.1 Å². The molecule has 0 atom stereocenters. The first-order valence-corrected chi connectivity index (χ1v) is 15.2. The molecule has 2 aromatic heterocycles. The van der Waals surface area contributed by atoms with Gasteiger partial charge < -0.3 is 9.13 Å². The van der Waals surface area contributed by atoms with Crippen molar-refractivity contribution in [2.75, 3.05) is 0 Å². The first kappa shape index (κ1) is 25.8. The molecule has 0 fully saturated rings. The summed E-state index contributed by atoms with van der Waals surface area (Å²) in [4.78, 5) is 0. The van der Waals surface area contributed by atoms with E-state index in [9.17, 15) is 10.5 Å². The Morgan fingerprint density at radius 2 is 0.913 bits per heavy atom. The molecule has 2 heterocycles. The van der Waals surface area contributed by atoms with Crippen LogP contribution in [0.5, 0.6) is 0 Å². The second-order valence-corrected chi connectivity index (χ2v) is 11.6. The lowest BCUT2D eigenvalue weighted by Crippen LogP contribution is -2.08. The summed E-state index contributed by atoms with van der Waals surface area (Å²) in [6.45, 7) is 0. The molecule has 7 aromatic carbocycles. The first-order valence-electron chi connectivity index (χ1n) is 15.2. The lowest BCUT2D eigenvalue weighted by Gasteiger charge is -2.19. The van der Waals surface area contributed by atoms with Crippen molar-refractivity contribution >= 4 is 54.4 Å². The molecule has 0 spiro atoms. The largest absolute Gasteiger partial charge is 0.306 e. The van der Waals surface area contributed by atoms with Crippen molar-refractivity contribution in [2.45, 2.75) is 0 Å². The van der Waals surface area contributed by atoms with Gasteiger partial charge in [-0.05, 0) is 64.4 Å². The minimum atomic E-state index is 0.495. The van der Waals surface area contributed by atoms with Crippen molar-refractivity contribution in [1.29, 1.82) is 10.5 Å². The highest BCUT2D eigenvalue weighted by atomic mass is 15.1. The molecule has 9 aromatic rings. The van der Waals surface area contributed by atoms with Crippen LogP contribution in [0.15, 0.2) is 146 Å². The van der Waals surface area contributed by atoms with Crippen LogP contribution >= 0.6 is 0 Å². The number of benzene rings is 7. The van der Waals surface area contributed by atoms with E-state index in [1.807, 2.05) is 30.3 Å². The maximum absolute atomic E-state index is 10.7. The summed E-state index contributed by atoms with van der Waals surface area (Å²) in [5, 5.41) is 28.0. The third-order valence-electron chi connectivity index (χ3n) is 9.18. The number of aromatic nitrogens is 2. The molecule has 46 heavy (non-hydrogen) atoms. The first-order chi connectivity index (χ1) is 22.8. The predicted octanol–water partition coefficient (Wildman–Crippen LogP) is 10.4. The zero-order chi connectivity index (χ0) is 30.8. The Kier molecular flexibility index (Phi) is 5.59. The Hall–Kier alpha value is -6.62. The predicted molar refractivity (Wildman–Crippen MR) is 187 cm³/mol. The van der Waals surface area contributed by atoms with E-state index in [2.05, 4.69) is 124 Å². The van der Waals surface area contributed by atoms with E-state index in [1.165, 1.54) is 0 Å². The zero-order valence-corrected chi connectivity index (χ0v) is 24.6. The summed E-state index contributed by atoms with van der Waals surface area (Å²) in [5.74, 6) is 0. The smallest absolute Gasteiger partial charge is 0.101 e. The highest BCUT2D eigenvalue weighted by Gasteiger charge is 2.25. The van der Waals surface area contributed by atoms with Gasteiger partial charge in [-0.1, -0.05) is 103 Å². The van der Waals surface area contributed by atoms with Crippen LogP contribution in [-0.4, -0.2) is 9.13 Å². The van der Waals surface area contributed by atoms with E-state index >= 15 is 0 Å². The summed E-state index contributed by atoms with van der Waals surface area (Å²) in [6.07, 6.45) is 0. The normalized spacial score (nSPS) is 11.4. The van der Waals surface area contributed by atoms with E-state index in [0.29, 0.717) is 22.5 Å². The van der Waals surface area contributed by atoms with Crippen LogP contribution in [0.4, 0.5) is 0 Å². The minimum absolute atomic E-state index is 0.495. The molecule has 0 aliphatic rings. The number of nitrogens with zero attached hydrogens (tertiary/aromatic N) is 4. The molecule has 4 nitrogen and oxygen atoms in total. The van der Waals surface area contributed by atoms with E-state index in [-0.39, 0.29) is 0 Å². The Morgan fingerprint density at radius 1 is 0.391 bits per heavy atom. The van der Waals surface area contributed by atoms with Gasteiger partial charge in [-0.15, -0.1) is 0 Å². The number of hydrogen-bond donors (Lipinski definition) is 0. The topological polar surface area (TPSA) is 57.4 Å². The van der Waals surface area contributed by atoms with Gasteiger partial charge in [-0.25, -0.2) is 0 Å². The van der Waals surface area contributed by atoms with Crippen molar-refractivity contribution in [3.8, 4) is 34.6 Å². The van der Waals surface area contributed by atoms with Gasteiger partial charge in [0.1, 0.15) is 12.1 Å². The lowest BCUT2D eigenvalue weighted by atomic mass is 10.0. The fourth-order valence-corrected chi connectivity index (χ4v) is 7.22. The molecule has 4 heteroatoms. The van der Waals surface area contributed by atoms with E-state index < -0.39 is 0 Å². The molecule has 0 aliphatic heterocycles. The molecule has 0 radical (unpaired) electrons. The van der Waals surface area contributed by atoms with Crippen molar-refractivity contribution in [1.82, 2.24) is 9.13 Å². The minimum Gasteiger partial charge on any atom is -0.306 e. The van der Waals surface area contributed by atoms with Crippen LogP contribution in [0.2, 0.25) is 0 Å². The van der Waals surface area contributed by atoms with Crippen LogP contribution in [0.1, 0.15) is 11.1 Å². The van der Waals surface area contributed by atoms with Gasteiger partial charge in [0, 0.05) is 21.5 Å². The maximum atomic E-state index is 10.7. The Morgan fingerprint density at radius 3 is 1.57 bits per heavy atom. The molecule has 9 rings (SSSR count). The molecule has 0 unspecified atom stereocenters. The quantitative estimate of drug-likeness (QED) is 0.207. The van der Waals surface area contributed by atoms with Crippen molar-refractivity contribution < 1.29 is 0 Å². The van der Waals surface area contributed by atoms with Gasteiger partial charge in [-0.3, -0.25) is 0 Å². The summed E-state index contributed by atoms with van der Waals surface area (Å²) < 4.78 is 4.36. The maximum Gasteiger partial charge on any atom is 0.101 e. The highest BCUT2D eigenvalue weighted by molar-refractivity contribution is 6.22. The van der Waals surface area contributed by atoms with Crippen LogP contribution in [-0.2, 0) is 0 Å². The van der Waals surface area contributed by atoms with Crippen molar-refractivity contribution in [2.24, 2.45) is 0 Å². The van der Waals surface area contributed by atoms with Crippen LogP contribution in [0.25, 0.3) is 76.9 Å². The van der Waals surface area contributed by atoms with Gasteiger partial charge in [0.25, 0.3) is 0 Å². The third-order valence-corrected chi connectivity index (χ3v) is 9.18. The molecule has 0 saturated heterocycles. The number of fused-ring (bicyclic) bond motifs is 8. The van der Waals surface area contributed by atoms with Gasteiger partial charge in [0.15, 0.2) is 0 Å². The van der Waals surface area contributed by atoms with Gasteiger partial charge in [0.05, 0.1) is 44.6 Å². The second-order valence-electron chi connectivity index (χ2n) is 11.6. The van der Waals surface area contributed by atoms with Gasteiger partial charge in [-0.2, -0.15) is 10.5 Å². The van der Waals surface area contributed by atoms with E-state index in [0.717, 1.165) is 65.5 Å². The number of nitriles is 2. The standard InChI is InChI=1S/C42H24N4/c43-25-30-18-19-31(26-44)42(41(30)45-36-16-8-6-14-33(36)34-15-7-9-17-37(34)45)46-38-22-21-29(27-10-2-1-3-11-27)24-35(38)40-32-13-5-4-12-28(32)20-23-39(40)46/h1-24H. The number of rotatable bonds is 3. The number of para-hydroxylation sites is 2. The van der Waals surface area contributed by atoms with Crippen LogP contribution in [0.3, 0.4) is 0 Å². The lowest BCUT2D eigenvalue weighted by molar-refractivity contribution is 1.08. The van der Waals surface area contributed by atoms with Crippen molar-refractivity contribution in [3.63, 3.8) is 0 Å². The van der Waals surface area contributed by atoms with Gasteiger partial charge >= 0.3 is 0 Å². The summed E-state index contributed by atoms with van der Waals surface area (Å²) in [5.41, 5.74) is 8.55. The molecule has 0 N–H and O–H groups in total. The fraction of sp³-hybridized carbons (Fsp3) is 0. The summed E-state index contributed by atoms with van der Waals surface area (Å²) in [7, 11) is 0. The average molecular weight is 585 g/mol. The van der Waals surface area contributed by atoms with Crippen molar-refractivity contribution in [3.05, 3.63) is 157 Å². The summed E-state index contributed by atoms with van der Waals surface area (Å²) in [6, 6.07) is 54.8. The Bertz CT molecular complexity index is 2710. The summed E-state index contributed by atoms with van der Waals surface area (Å²) >= 11 is 0. The molecule has 212 valence electrons. The average Bonchev–Trinajstić information content (AvgIpc) is 3.64. The van der Waals surface area contributed by atoms with Gasteiger partial charge in [0.2, 0.25) is 0 Å². The SMILES string of the molecule is N#Cc1ccc(C#N)c(-n2c3ccc(-c4ccccc4)cc3c3c4ccccc4ccc32)c1-n1c2ccccc2c2ccccc21. The molecular formula is C42H24N4. The van der Waals surface area contributed by atoms with Crippen LogP contribution in [0, 0.1) is 22.7 Å². The fourth-order valence-electron chi connectivity index (χ4n) is 7.22. The monoisotopic (exact) mass is 584 g/mol. The zero-order valence-electron chi connectivity index (χ0n) is 24.6. The molecule has 0 aliphatic carbocycles. The molecular weight excluding hydrogens is 560 g/mol. The third kappa shape index (κ3) is 3.59. The second kappa shape index (κ2) is 9.96. The molecule has 0 saturated carbocycles. The Balaban J connectivity index is 1.50. The number of hydrogen-bond acceptors (Lipinski definition) is 2. The van der Waals surface area contributed by atoms with E-state index in [4.69, 9.17) is 0 Å². The highest BCUT2D eigenvalue weighted by Crippen LogP contribution is 2.43. The van der Waals surface area contributed by atoms with Crippen LogP contribution < -0.4 is 0 Å². The molecule has 0 amide bonds.